The minimum Gasteiger partial charge on any atom is -0.496 e. The van der Waals surface area contributed by atoms with Crippen LogP contribution in [0.15, 0.2) is 24.3 Å². The minimum atomic E-state index is 0.568. The number of ether oxygens (including phenoxy) is 1. The van der Waals surface area contributed by atoms with Gasteiger partial charge in [0.15, 0.2) is 0 Å². The number of hydrogen-bond acceptors (Lipinski definition) is 1. The van der Waals surface area contributed by atoms with E-state index in [1.807, 2.05) is 12.1 Å². The molecule has 0 aliphatic rings. The molecule has 0 aliphatic carbocycles. The first kappa shape index (κ1) is 18.4. The summed E-state index contributed by atoms with van der Waals surface area (Å²) in [5.74, 6) is 2.30. The molecule has 1 rings (SSSR count). The number of unbranched alkanes of at least 4 members (excludes halogenated alkanes) is 6. The topological polar surface area (TPSA) is 9.23 Å². The van der Waals surface area contributed by atoms with Gasteiger partial charge in [-0.1, -0.05) is 70.1 Å². The molecule has 0 radical (unpaired) electrons. The summed E-state index contributed by atoms with van der Waals surface area (Å²) < 4.78 is 5.43. The highest BCUT2D eigenvalue weighted by Gasteiger charge is 2.11. The second-order valence-corrected chi connectivity index (χ2v) is 6.25. The van der Waals surface area contributed by atoms with Crippen molar-refractivity contribution in [2.45, 2.75) is 64.7 Å². The molecule has 120 valence electrons. The van der Waals surface area contributed by atoms with E-state index in [9.17, 15) is 0 Å². The van der Waals surface area contributed by atoms with E-state index in [2.05, 4.69) is 19.1 Å². The molecule has 1 atom stereocenters. The van der Waals surface area contributed by atoms with E-state index < -0.39 is 0 Å². The number of benzene rings is 1. The number of methoxy groups -OCH3 is 1. The van der Waals surface area contributed by atoms with Gasteiger partial charge in [-0.2, -0.15) is 0 Å². The van der Waals surface area contributed by atoms with Gasteiger partial charge in [0, 0.05) is 5.88 Å². The molecule has 1 unspecified atom stereocenters. The van der Waals surface area contributed by atoms with E-state index in [-0.39, 0.29) is 0 Å². The maximum atomic E-state index is 6.15. The van der Waals surface area contributed by atoms with Crippen molar-refractivity contribution in [1.29, 1.82) is 0 Å². The monoisotopic (exact) mass is 310 g/mol. The highest BCUT2D eigenvalue weighted by atomic mass is 35.5. The van der Waals surface area contributed by atoms with Crippen LogP contribution in [0.2, 0.25) is 0 Å². The van der Waals surface area contributed by atoms with Crippen LogP contribution in [-0.4, -0.2) is 13.0 Å². The van der Waals surface area contributed by atoms with Crippen molar-refractivity contribution in [3.05, 3.63) is 29.8 Å². The summed E-state index contributed by atoms with van der Waals surface area (Å²) >= 11 is 6.15. The Morgan fingerprint density at radius 1 is 1.00 bits per heavy atom. The summed E-state index contributed by atoms with van der Waals surface area (Å²) in [4.78, 5) is 0. The smallest absolute Gasteiger partial charge is 0.122 e. The minimum absolute atomic E-state index is 0.568. The van der Waals surface area contributed by atoms with Crippen LogP contribution in [0.1, 0.15) is 63.9 Å². The second kappa shape index (κ2) is 11.9. The van der Waals surface area contributed by atoms with Crippen molar-refractivity contribution in [2.75, 3.05) is 13.0 Å². The van der Waals surface area contributed by atoms with Gasteiger partial charge in [0.25, 0.3) is 0 Å². The molecule has 0 aliphatic heterocycles. The van der Waals surface area contributed by atoms with Crippen LogP contribution in [-0.2, 0) is 6.42 Å². The first-order chi connectivity index (χ1) is 10.3. The Hall–Kier alpha value is -0.690. The van der Waals surface area contributed by atoms with Crippen LogP contribution in [0.4, 0.5) is 0 Å². The normalized spacial score (nSPS) is 12.3. The van der Waals surface area contributed by atoms with Gasteiger partial charge >= 0.3 is 0 Å². The van der Waals surface area contributed by atoms with Gasteiger partial charge in [-0.3, -0.25) is 0 Å². The van der Waals surface area contributed by atoms with E-state index in [1.54, 1.807) is 7.11 Å². The zero-order valence-corrected chi connectivity index (χ0v) is 14.5. The van der Waals surface area contributed by atoms with Gasteiger partial charge < -0.3 is 4.74 Å². The first-order valence-corrected chi connectivity index (χ1v) is 9.03. The molecule has 2 heteroatoms. The quantitative estimate of drug-likeness (QED) is 0.328. The molecule has 1 aromatic carbocycles. The van der Waals surface area contributed by atoms with E-state index >= 15 is 0 Å². The van der Waals surface area contributed by atoms with Crippen LogP contribution in [0.3, 0.4) is 0 Å². The molecule has 0 N–H and O–H groups in total. The van der Waals surface area contributed by atoms with Gasteiger partial charge in [0.1, 0.15) is 5.75 Å². The molecule has 0 spiro atoms. The number of halogens is 1. The van der Waals surface area contributed by atoms with Crippen LogP contribution < -0.4 is 4.74 Å². The van der Waals surface area contributed by atoms with Gasteiger partial charge in [0.2, 0.25) is 0 Å². The lowest BCUT2D eigenvalue weighted by atomic mass is 9.94. The van der Waals surface area contributed by atoms with Crippen LogP contribution >= 0.6 is 11.6 Å². The Morgan fingerprint density at radius 3 is 2.33 bits per heavy atom. The fourth-order valence-corrected chi connectivity index (χ4v) is 3.07. The Bertz CT molecular complexity index is 364. The highest BCUT2D eigenvalue weighted by Crippen LogP contribution is 2.24. The number of para-hydroxylation sites is 1. The predicted octanol–water partition coefficient (Wildman–Crippen LogP) is 6.23. The van der Waals surface area contributed by atoms with E-state index in [0.29, 0.717) is 5.92 Å². The Labute approximate surface area is 136 Å². The van der Waals surface area contributed by atoms with Gasteiger partial charge in [-0.15, -0.1) is 11.6 Å². The summed E-state index contributed by atoms with van der Waals surface area (Å²) in [6, 6.07) is 8.29. The maximum Gasteiger partial charge on any atom is 0.122 e. The van der Waals surface area contributed by atoms with Crippen molar-refractivity contribution in [2.24, 2.45) is 5.92 Å². The van der Waals surface area contributed by atoms with Crippen LogP contribution in [0.5, 0.6) is 5.75 Å². The zero-order chi connectivity index (χ0) is 15.3. The van der Waals surface area contributed by atoms with Crippen LogP contribution in [0.25, 0.3) is 0 Å². The third-order valence-electron chi connectivity index (χ3n) is 4.14. The maximum absolute atomic E-state index is 6.15. The number of hydrogen-bond donors (Lipinski definition) is 0. The first-order valence-electron chi connectivity index (χ1n) is 8.49. The van der Waals surface area contributed by atoms with Gasteiger partial charge in [0.05, 0.1) is 7.11 Å². The second-order valence-electron chi connectivity index (χ2n) is 5.95. The molecule has 0 aromatic heterocycles. The average Bonchev–Trinajstić information content (AvgIpc) is 2.53. The van der Waals surface area contributed by atoms with Crippen molar-refractivity contribution in [3.63, 3.8) is 0 Å². The molecule has 0 fully saturated rings. The van der Waals surface area contributed by atoms with E-state index in [1.165, 1.54) is 56.9 Å². The highest BCUT2D eigenvalue weighted by molar-refractivity contribution is 6.18. The van der Waals surface area contributed by atoms with Crippen molar-refractivity contribution >= 4 is 11.6 Å². The van der Waals surface area contributed by atoms with E-state index in [4.69, 9.17) is 16.3 Å². The summed E-state index contributed by atoms with van der Waals surface area (Å²) in [6.45, 7) is 2.27. The standard InChI is InChI=1S/C19H31ClO/c1-3-4-5-6-7-8-9-12-17(16-20)15-18-13-10-11-14-19(18)21-2/h10-11,13-14,17H,3-9,12,15-16H2,1-2H3. The lowest BCUT2D eigenvalue weighted by Crippen LogP contribution is -2.07. The molecular weight excluding hydrogens is 280 g/mol. The average molecular weight is 311 g/mol. The molecular formula is C19H31ClO. The Balaban J connectivity index is 2.25. The Kier molecular flexibility index (Phi) is 10.4. The van der Waals surface area contributed by atoms with Gasteiger partial charge in [-0.05, 0) is 30.4 Å². The predicted molar refractivity (Wildman–Crippen MR) is 93.5 cm³/mol. The third-order valence-corrected chi connectivity index (χ3v) is 4.57. The SMILES string of the molecule is CCCCCCCCCC(CCl)Cc1ccccc1OC. The lowest BCUT2D eigenvalue weighted by Gasteiger charge is -2.16. The molecule has 21 heavy (non-hydrogen) atoms. The molecule has 0 heterocycles. The largest absolute Gasteiger partial charge is 0.496 e. The summed E-state index contributed by atoms with van der Waals surface area (Å²) in [7, 11) is 1.74. The molecule has 1 aromatic rings. The molecule has 0 amide bonds. The van der Waals surface area contributed by atoms with Crippen molar-refractivity contribution in [3.8, 4) is 5.75 Å². The van der Waals surface area contributed by atoms with Gasteiger partial charge in [-0.25, -0.2) is 0 Å². The Morgan fingerprint density at radius 2 is 1.67 bits per heavy atom. The summed E-state index contributed by atoms with van der Waals surface area (Å²) in [6.07, 6.45) is 11.8. The molecule has 1 nitrogen and oxygen atoms in total. The van der Waals surface area contributed by atoms with Crippen molar-refractivity contribution in [1.82, 2.24) is 0 Å². The van der Waals surface area contributed by atoms with Crippen molar-refractivity contribution < 1.29 is 4.74 Å². The fraction of sp³-hybridized carbons (Fsp3) is 0.684. The zero-order valence-electron chi connectivity index (χ0n) is 13.7. The molecule has 0 saturated carbocycles. The lowest BCUT2D eigenvalue weighted by molar-refractivity contribution is 0.402. The summed E-state index contributed by atoms with van der Waals surface area (Å²) in [5.41, 5.74) is 1.29. The third kappa shape index (κ3) is 7.76. The van der Waals surface area contributed by atoms with E-state index in [0.717, 1.165) is 18.1 Å². The number of rotatable bonds is 12. The molecule has 0 bridgehead atoms. The fourth-order valence-electron chi connectivity index (χ4n) is 2.81. The molecule has 0 saturated heterocycles. The number of alkyl halides is 1. The van der Waals surface area contributed by atoms with Crippen LogP contribution in [0, 0.1) is 5.92 Å². The summed E-state index contributed by atoms with van der Waals surface area (Å²) in [5, 5.41) is 0.